The van der Waals surface area contributed by atoms with Gasteiger partial charge in [-0.2, -0.15) is 0 Å². The number of hydrogen-bond acceptors (Lipinski definition) is 4. The second-order valence-corrected chi connectivity index (χ2v) is 5.79. The lowest BCUT2D eigenvalue weighted by Gasteiger charge is -2.21. The van der Waals surface area contributed by atoms with E-state index in [-0.39, 0.29) is 29.0 Å². The molecule has 6 nitrogen and oxygen atoms in total. The van der Waals surface area contributed by atoms with Crippen molar-refractivity contribution in [3.8, 4) is 34.0 Å². The first-order chi connectivity index (χ1) is 12.1. The zero-order valence-electron chi connectivity index (χ0n) is 13.1. The number of aromatic hydroxyl groups is 2. The summed E-state index contributed by atoms with van der Waals surface area (Å²) < 4.78 is 3.39. The normalized spacial score (nSPS) is 11.2. The molecule has 4 rings (SSSR count). The number of nitrogens with zero attached hydrogens (tertiary/aromatic N) is 2. The van der Waals surface area contributed by atoms with Crippen molar-refractivity contribution in [2.24, 2.45) is 0 Å². The molecule has 0 aromatic carbocycles. The standard InChI is InChI=1S/C19H14N2O4/c22-14-5-7-16(24)18-12(14)3-1-9-20(18)11-21-10-2-4-13-15(23)6-8-17(25)19(13)21/h1-10,24-25H,11H2. The first kappa shape index (κ1) is 15.0. The number of fused-ring (bicyclic) bond motifs is 2. The van der Waals surface area contributed by atoms with E-state index in [4.69, 9.17) is 0 Å². The van der Waals surface area contributed by atoms with Crippen molar-refractivity contribution >= 4 is 0 Å². The molecule has 124 valence electrons. The predicted octanol–water partition coefficient (Wildman–Crippen LogP) is 2.14. The maximum Gasteiger partial charge on any atom is 0.188 e. The topological polar surface area (TPSA) is 84.5 Å². The summed E-state index contributed by atoms with van der Waals surface area (Å²) in [6.45, 7) is 0.211. The second kappa shape index (κ2) is 5.52. The maximum absolute atomic E-state index is 12.0. The average Bonchev–Trinajstić information content (AvgIpc) is 2.62. The Morgan fingerprint density at radius 1 is 0.680 bits per heavy atom. The van der Waals surface area contributed by atoms with Gasteiger partial charge in [0, 0.05) is 23.5 Å². The number of phenolic OH excluding ortho intramolecular Hbond substituents is 2. The molecule has 2 aliphatic heterocycles. The van der Waals surface area contributed by atoms with Gasteiger partial charge in [0.1, 0.15) is 11.5 Å². The molecule has 4 aliphatic rings. The third-order valence-electron chi connectivity index (χ3n) is 4.25. The highest BCUT2D eigenvalue weighted by molar-refractivity contribution is 5.69. The second-order valence-electron chi connectivity index (χ2n) is 5.79. The molecule has 0 atom stereocenters. The molecule has 0 aromatic rings. The number of phenols is 2. The van der Waals surface area contributed by atoms with E-state index in [9.17, 15) is 19.8 Å². The van der Waals surface area contributed by atoms with Gasteiger partial charge in [-0.05, 0) is 48.5 Å². The van der Waals surface area contributed by atoms with Gasteiger partial charge < -0.3 is 19.3 Å². The summed E-state index contributed by atoms with van der Waals surface area (Å²) in [4.78, 5) is 24.1. The largest absolute Gasteiger partial charge is 0.506 e. The molecule has 0 saturated heterocycles. The van der Waals surface area contributed by atoms with Crippen LogP contribution in [0.25, 0.3) is 22.5 Å². The van der Waals surface area contributed by atoms with Crippen LogP contribution in [0, 0.1) is 0 Å². The molecule has 0 spiro atoms. The van der Waals surface area contributed by atoms with Crippen molar-refractivity contribution in [1.82, 2.24) is 9.13 Å². The Morgan fingerprint density at radius 3 is 1.56 bits per heavy atom. The predicted molar refractivity (Wildman–Crippen MR) is 93.4 cm³/mol. The van der Waals surface area contributed by atoms with E-state index in [0.29, 0.717) is 22.5 Å². The molecule has 0 aromatic heterocycles. The summed E-state index contributed by atoms with van der Waals surface area (Å²) in [6, 6.07) is 12.1. The van der Waals surface area contributed by atoms with E-state index in [2.05, 4.69) is 0 Å². The highest BCUT2D eigenvalue weighted by Gasteiger charge is 2.17. The van der Waals surface area contributed by atoms with Crippen LogP contribution in [0.2, 0.25) is 0 Å². The lowest BCUT2D eigenvalue weighted by atomic mass is 10.1. The Morgan fingerprint density at radius 2 is 1.12 bits per heavy atom. The van der Waals surface area contributed by atoms with E-state index in [1.54, 1.807) is 45.8 Å². The zero-order chi connectivity index (χ0) is 17.6. The summed E-state index contributed by atoms with van der Waals surface area (Å²) in [7, 11) is 0. The number of benzene rings is 2. The van der Waals surface area contributed by atoms with Crippen molar-refractivity contribution in [2.75, 3.05) is 0 Å². The third kappa shape index (κ3) is 2.35. The van der Waals surface area contributed by atoms with Gasteiger partial charge in [-0.1, -0.05) is 0 Å². The number of aromatic nitrogens is 2. The maximum atomic E-state index is 12.0. The minimum atomic E-state index is -0.185. The first-order valence-corrected chi connectivity index (χ1v) is 7.68. The van der Waals surface area contributed by atoms with E-state index < -0.39 is 0 Å². The van der Waals surface area contributed by atoms with Crippen molar-refractivity contribution < 1.29 is 10.2 Å². The lowest BCUT2D eigenvalue weighted by molar-refractivity contribution is 0.461. The third-order valence-corrected chi connectivity index (χ3v) is 4.25. The molecule has 25 heavy (non-hydrogen) atoms. The minimum Gasteiger partial charge on any atom is -0.506 e. The van der Waals surface area contributed by atoms with Gasteiger partial charge in [0.2, 0.25) is 0 Å². The Bertz CT molecular complexity index is 1050. The van der Waals surface area contributed by atoms with E-state index >= 15 is 0 Å². The molecular weight excluding hydrogens is 320 g/mol. The molecule has 2 aliphatic carbocycles. The summed E-state index contributed by atoms with van der Waals surface area (Å²) in [5.41, 5.74) is 1.23. The van der Waals surface area contributed by atoms with Crippen LogP contribution in [-0.4, -0.2) is 19.3 Å². The number of rotatable bonds is 2. The fourth-order valence-corrected chi connectivity index (χ4v) is 3.12. The molecule has 2 N–H and O–H groups in total. The van der Waals surface area contributed by atoms with Gasteiger partial charge in [0.25, 0.3) is 0 Å². The monoisotopic (exact) mass is 334 g/mol. The van der Waals surface area contributed by atoms with Crippen LogP contribution in [-0.2, 0) is 6.67 Å². The average molecular weight is 334 g/mol. The Kier molecular flexibility index (Phi) is 3.32. The number of hydrogen-bond donors (Lipinski definition) is 2. The van der Waals surface area contributed by atoms with Crippen molar-refractivity contribution in [3.05, 3.63) is 81.4 Å². The van der Waals surface area contributed by atoms with Crippen LogP contribution < -0.4 is 10.9 Å². The molecule has 6 heteroatoms. The fraction of sp³-hybridized carbons (Fsp3) is 0.0526. The van der Waals surface area contributed by atoms with Gasteiger partial charge in [0.05, 0.1) is 18.1 Å². The van der Waals surface area contributed by atoms with Gasteiger partial charge in [-0.15, -0.1) is 0 Å². The highest BCUT2D eigenvalue weighted by Crippen LogP contribution is 2.30. The van der Waals surface area contributed by atoms with Crippen LogP contribution >= 0.6 is 0 Å². The molecule has 0 bridgehead atoms. The van der Waals surface area contributed by atoms with Crippen LogP contribution in [0.3, 0.4) is 0 Å². The summed E-state index contributed by atoms with van der Waals surface area (Å²) in [6.07, 6.45) is 3.46. The summed E-state index contributed by atoms with van der Waals surface area (Å²) in [5, 5.41) is 20.4. The van der Waals surface area contributed by atoms with Crippen LogP contribution in [0.1, 0.15) is 0 Å². The highest BCUT2D eigenvalue weighted by atomic mass is 16.3. The van der Waals surface area contributed by atoms with Gasteiger partial charge in [-0.25, -0.2) is 0 Å². The molecule has 0 fully saturated rings. The molecule has 0 amide bonds. The van der Waals surface area contributed by atoms with Crippen molar-refractivity contribution in [3.63, 3.8) is 0 Å². The fourth-order valence-electron chi connectivity index (χ4n) is 3.12. The zero-order valence-corrected chi connectivity index (χ0v) is 13.1. The molecule has 0 radical (unpaired) electrons. The summed E-state index contributed by atoms with van der Waals surface area (Å²) in [5.74, 6) is -0.0189. The first-order valence-electron chi connectivity index (χ1n) is 7.68. The van der Waals surface area contributed by atoms with Crippen LogP contribution in [0.5, 0.6) is 11.5 Å². The quantitative estimate of drug-likeness (QED) is 0.588. The molecule has 0 unspecified atom stereocenters. The molecular formula is C19H14N2O4. The summed E-state index contributed by atoms with van der Waals surface area (Å²) >= 11 is 0. The SMILES string of the molecule is O=c1ccc(O)c2n(Cn3cccc4c(=O)ccc(O)c3-4)cccc1-2. The van der Waals surface area contributed by atoms with Crippen LogP contribution in [0.15, 0.2) is 70.5 Å². The Hall–Kier alpha value is -3.54. The number of pyridine rings is 2. The van der Waals surface area contributed by atoms with E-state index in [0.717, 1.165) is 0 Å². The van der Waals surface area contributed by atoms with Crippen LogP contribution in [0.4, 0.5) is 0 Å². The molecule has 0 saturated carbocycles. The van der Waals surface area contributed by atoms with Crippen molar-refractivity contribution in [2.45, 2.75) is 6.67 Å². The minimum absolute atomic E-state index is 0.00947. The van der Waals surface area contributed by atoms with Gasteiger partial charge in [-0.3, -0.25) is 9.59 Å². The van der Waals surface area contributed by atoms with Gasteiger partial charge >= 0.3 is 0 Å². The molecule has 2 heterocycles. The van der Waals surface area contributed by atoms with Crippen molar-refractivity contribution in [1.29, 1.82) is 0 Å². The Labute approximate surface area is 142 Å². The van der Waals surface area contributed by atoms with E-state index in [1.807, 2.05) is 0 Å². The smallest absolute Gasteiger partial charge is 0.188 e. The lowest BCUT2D eigenvalue weighted by Crippen LogP contribution is -2.18. The Balaban J connectivity index is 1.92. The van der Waals surface area contributed by atoms with E-state index in [1.165, 1.54) is 24.3 Å². The van der Waals surface area contributed by atoms with Gasteiger partial charge in [0.15, 0.2) is 10.9 Å².